The molecule has 1 amide bonds. The fourth-order valence-electron chi connectivity index (χ4n) is 3.75. The summed E-state index contributed by atoms with van der Waals surface area (Å²) in [7, 11) is 1.56. The molecule has 0 aliphatic rings. The number of para-hydroxylation sites is 1. The number of amides is 1. The summed E-state index contributed by atoms with van der Waals surface area (Å²) < 4.78 is 11.4. The molecule has 152 valence electrons. The highest BCUT2D eigenvalue weighted by Crippen LogP contribution is 2.29. The van der Waals surface area contributed by atoms with Gasteiger partial charge in [0.25, 0.3) is 5.91 Å². The van der Waals surface area contributed by atoms with Crippen LogP contribution in [-0.2, 0) is 0 Å². The third kappa shape index (κ3) is 3.51. The van der Waals surface area contributed by atoms with Gasteiger partial charge in [-0.3, -0.25) is 4.79 Å². The molecule has 0 saturated carbocycles. The number of nitrogens with zero attached hydrogens (tertiary/aromatic N) is 1. The van der Waals surface area contributed by atoms with E-state index in [0.717, 1.165) is 16.5 Å². The van der Waals surface area contributed by atoms with Crippen LogP contribution in [0.3, 0.4) is 0 Å². The number of carbonyl (C=O) groups excluding carboxylic acids is 1. The Morgan fingerprint density at radius 2 is 1.77 bits per heavy atom. The molecule has 5 heteroatoms. The van der Waals surface area contributed by atoms with Crippen LogP contribution in [-0.4, -0.2) is 18.0 Å². The summed E-state index contributed by atoms with van der Waals surface area (Å²) in [5, 5.41) is 5.22. The predicted molar refractivity (Wildman–Crippen MR) is 123 cm³/mol. The van der Waals surface area contributed by atoms with Crippen LogP contribution in [0.4, 0.5) is 5.69 Å². The van der Waals surface area contributed by atoms with Crippen LogP contribution in [0.15, 0.2) is 83.3 Å². The Kier molecular flexibility index (Phi) is 4.64. The fourth-order valence-corrected chi connectivity index (χ4v) is 3.75. The number of ether oxygens (including phenoxy) is 1. The molecule has 5 rings (SSSR count). The second-order valence-corrected chi connectivity index (χ2v) is 7.37. The highest BCUT2D eigenvalue weighted by atomic mass is 16.5. The Morgan fingerprint density at radius 3 is 2.61 bits per heavy atom. The molecule has 5 aromatic rings. The van der Waals surface area contributed by atoms with Crippen molar-refractivity contribution in [1.82, 2.24) is 4.98 Å². The highest BCUT2D eigenvalue weighted by molar-refractivity contribution is 6.07. The first-order valence-electron chi connectivity index (χ1n) is 9.97. The van der Waals surface area contributed by atoms with Crippen LogP contribution in [0.5, 0.6) is 5.75 Å². The van der Waals surface area contributed by atoms with Gasteiger partial charge in [-0.1, -0.05) is 42.5 Å². The Balaban J connectivity index is 1.45. The molecule has 0 spiro atoms. The molecule has 0 aliphatic carbocycles. The average molecular weight is 408 g/mol. The van der Waals surface area contributed by atoms with Crippen LogP contribution in [0.1, 0.15) is 15.9 Å². The van der Waals surface area contributed by atoms with Crippen molar-refractivity contribution in [2.75, 3.05) is 12.4 Å². The first-order valence-corrected chi connectivity index (χ1v) is 9.97. The minimum absolute atomic E-state index is 0.238. The number of nitrogens with one attached hydrogen (secondary N) is 1. The fraction of sp³-hybridized carbons (Fsp3) is 0.0769. The summed E-state index contributed by atoms with van der Waals surface area (Å²) in [4.78, 5) is 17.4. The van der Waals surface area contributed by atoms with E-state index in [2.05, 4.69) is 34.6 Å². The van der Waals surface area contributed by atoms with Gasteiger partial charge in [-0.15, -0.1) is 0 Å². The zero-order valence-corrected chi connectivity index (χ0v) is 17.2. The van der Waals surface area contributed by atoms with Crippen LogP contribution in [0, 0.1) is 6.92 Å². The third-order valence-corrected chi connectivity index (χ3v) is 5.30. The molecule has 4 aromatic carbocycles. The Labute approximate surface area is 179 Å². The number of aromatic nitrogens is 1. The molecule has 0 aliphatic heterocycles. The number of anilines is 1. The number of aryl methyl sites for hydroxylation is 1. The van der Waals surface area contributed by atoms with E-state index < -0.39 is 0 Å². The van der Waals surface area contributed by atoms with Gasteiger partial charge in [0.15, 0.2) is 5.58 Å². The SMILES string of the molecule is COc1c(C)cccc1C(=O)Nc1ccc2oc(-c3ccc4ccccc4c3)nc2c1. The van der Waals surface area contributed by atoms with Crippen molar-refractivity contribution in [2.45, 2.75) is 6.92 Å². The summed E-state index contributed by atoms with van der Waals surface area (Å²) in [5.41, 5.74) is 4.28. The molecular weight excluding hydrogens is 388 g/mol. The molecule has 1 N–H and O–H groups in total. The topological polar surface area (TPSA) is 64.4 Å². The number of rotatable bonds is 4. The molecular formula is C26H20N2O3. The maximum Gasteiger partial charge on any atom is 0.259 e. The number of benzene rings is 4. The van der Waals surface area contributed by atoms with Crippen LogP contribution in [0.25, 0.3) is 33.3 Å². The van der Waals surface area contributed by atoms with Crippen molar-refractivity contribution >= 4 is 33.5 Å². The molecule has 31 heavy (non-hydrogen) atoms. The first kappa shape index (κ1) is 18.9. The molecule has 1 heterocycles. The number of carbonyl (C=O) groups is 1. The van der Waals surface area contributed by atoms with E-state index in [0.29, 0.717) is 34.0 Å². The summed E-state index contributed by atoms with van der Waals surface area (Å²) in [6.45, 7) is 1.91. The van der Waals surface area contributed by atoms with E-state index in [9.17, 15) is 4.79 Å². The Hall–Kier alpha value is -4.12. The van der Waals surface area contributed by atoms with Crippen molar-refractivity contribution < 1.29 is 13.9 Å². The Bertz CT molecular complexity index is 1440. The van der Waals surface area contributed by atoms with Gasteiger partial charge in [0.2, 0.25) is 5.89 Å². The lowest BCUT2D eigenvalue weighted by atomic mass is 10.1. The number of methoxy groups -OCH3 is 1. The maximum atomic E-state index is 12.8. The lowest BCUT2D eigenvalue weighted by Gasteiger charge is -2.11. The molecule has 0 atom stereocenters. The van der Waals surface area contributed by atoms with Crippen molar-refractivity contribution in [2.24, 2.45) is 0 Å². The summed E-state index contributed by atoms with van der Waals surface area (Å²) in [5.74, 6) is 0.879. The second-order valence-electron chi connectivity index (χ2n) is 7.37. The summed E-state index contributed by atoms with van der Waals surface area (Å²) >= 11 is 0. The monoisotopic (exact) mass is 408 g/mol. The number of hydrogen-bond acceptors (Lipinski definition) is 4. The van der Waals surface area contributed by atoms with E-state index in [4.69, 9.17) is 9.15 Å². The third-order valence-electron chi connectivity index (χ3n) is 5.30. The number of hydrogen-bond donors (Lipinski definition) is 1. The van der Waals surface area contributed by atoms with E-state index >= 15 is 0 Å². The molecule has 0 bridgehead atoms. The predicted octanol–water partition coefficient (Wildman–Crippen LogP) is 6.22. The van der Waals surface area contributed by atoms with Crippen molar-refractivity contribution in [3.63, 3.8) is 0 Å². The molecule has 1 aromatic heterocycles. The van der Waals surface area contributed by atoms with Gasteiger partial charge in [-0.05, 0) is 59.7 Å². The van der Waals surface area contributed by atoms with Crippen molar-refractivity contribution in [3.8, 4) is 17.2 Å². The number of oxazole rings is 1. The lowest BCUT2D eigenvalue weighted by molar-refractivity contribution is 0.102. The second kappa shape index (κ2) is 7.61. The van der Waals surface area contributed by atoms with Crippen LogP contribution >= 0.6 is 0 Å². The Morgan fingerprint density at radius 1 is 0.935 bits per heavy atom. The van der Waals surface area contributed by atoms with E-state index in [1.807, 2.05) is 49.4 Å². The van der Waals surface area contributed by atoms with Crippen molar-refractivity contribution in [3.05, 3.63) is 90.0 Å². The standard InChI is InChI=1S/C26H20N2O3/c1-16-6-5-9-21(24(16)30-2)25(29)27-20-12-13-23-22(15-20)28-26(31-23)19-11-10-17-7-3-4-8-18(17)14-19/h3-15H,1-2H3,(H,27,29). The quantitative estimate of drug-likeness (QED) is 0.384. The van der Waals surface area contributed by atoms with Crippen molar-refractivity contribution in [1.29, 1.82) is 0 Å². The smallest absolute Gasteiger partial charge is 0.259 e. The normalized spacial score (nSPS) is 11.0. The minimum atomic E-state index is -0.238. The van der Waals surface area contributed by atoms with Gasteiger partial charge in [0.05, 0.1) is 12.7 Å². The molecule has 0 fully saturated rings. The van der Waals surface area contributed by atoms with E-state index in [1.165, 1.54) is 5.39 Å². The van der Waals surface area contributed by atoms with Gasteiger partial charge >= 0.3 is 0 Å². The van der Waals surface area contributed by atoms with Gasteiger partial charge in [-0.25, -0.2) is 4.98 Å². The summed E-state index contributed by atoms with van der Waals surface area (Å²) in [6, 6.07) is 25.2. The molecule has 5 nitrogen and oxygen atoms in total. The van der Waals surface area contributed by atoms with Gasteiger partial charge in [0.1, 0.15) is 11.3 Å². The zero-order chi connectivity index (χ0) is 21.4. The maximum absolute atomic E-state index is 12.8. The zero-order valence-electron chi connectivity index (χ0n) is 17.2. The largest absolute Gasteiger partial charge is 0.496 e. The highest BCUT2D eigenvalue weighted by Gasteiger charge is 2.15. The molecule has 0 unspecified atom stereocenters. The van der Waals surface area contributed by atoms with E-state index in [1.54, 1.807) is 19.2 Å². The molecule has 0 saturated heterocycles. The van der Waals surface area contributed by atoms with E-state index in [-0.39, 0.29) is 5.91 Å². The lowest BCUT2D eigenvalue weighted by Crippen LogP contribution is -2.13. The van der Waals surface area contributed by atoms with Crippen LogP contribution < -0.4 is 10.1 Å². The van der Waals surface area contributed by atoms with Gasteiger partial charge < -0.3 is 14.5 Å². The van der Waals surface area contributed by atoms with Gasteiger partial charge in [0, 0.05) is 11.3 Å². The first-order chi connectivity index (χ1) is 15.1. The minimum Gasteiger partial charge on any atom is -0.496 e. The average Bonchev–Trinajstić information content (AvgIpc) is 3.22. The number of fused-ring (bicyclic) bond motifs is 2. The summed E-state index contributed by atoms with van der Waals surface area (Å²) in [6.07, 6.45) is 0. The van der Waals surface area contributed by atoms with Crippen LogP contribution in [0.2, 0.25) is 0 Å². The molecule has 0 radical (unpaired) electrons. The van der Waals surface area contributed by atoms with Gasteiger partial charge in [-0.2, -0.15) is 0 Å².